The second-order valence-corrected chi connectivity index (χ2v) is 6.85. The molecule has 0 aromatic heterocycles. The number of nitrogens with one attached hydrogen (secondary N) is 1. The molecule has 26 heavy (non-hydrogen) atoms. The fourth-order valence-electron chi connectivity index (χ4n) is 3.73. The summed E-state index contributed by atoms with van der Waals surface area (Å²) in [5, 5.41) is 3.03. The van der Waals surface area contributed by atoms with Gasteiger partial charge in [0.25, 0.3) is 0 Å². The van der Waals surface area contributed by atoms with Gasteiger partial charge in [0.2, 0.25) is 5.91 Å². The number of fused-ring (bicyclic) bond motifs is 1. The van der Waals surface area contributed by atoms with Gasteiger partial charge in [-0.2, -0.15) is 0 Å². The largest absolute Gasteiger partial charge is 0.378 e. The highest BCUT2D eigenvalue weighted by molar-refractivity contribution is 5.94. The molecule has 1 amide bonds. The highest BCUT2D eigenvalue weighted by Crippen LogP contribution is 2.26. The molecule has 0 radical (unpaired) electrons. The molecule has 1 saturated heterocycles. The van der Waals surface area contributed by atoms with E-state index in [0.717, 1.165) is 51.4 Å². The Morgan fingerprint density at radius 1 is 1.00 bits per heavy atom. The second kappa shape index (κ2) is 7.79. The fourth-order valence-corrected chi connectivity index (χ4v) is 3.73. The number of aryl methyl sites for hydroxylation is 1. The second-order valence-electron chi connectivity index (χ2n) is 6.85. The molecule has 2 aliphatic heterocycles. The van der Waals surface area contributed by atoms with Crippen molar-refractivity contribution >= 4 is 23.0 Å². The average molecular weight is 351 g/mol. The van der Waals surface area contributed by atoms with Gasteiger partial charge in [0.05, 0.1) is 19.8 Å². The third kappa shape index (κ3) is 3.83. The van der Waals surface area contributed by atoms with Crippen LogP contribution in [-0.2, 0) is 16.0 Å². The first-order chi connectivity index (χ1) is 12.8. The Kier molecular flexibility index (Phi) is 5.07. The van der Waals surface area contributed by atoms with Crippen molar-refractivity contribution in [3.05, 3.63) is 54.1 Å². The summed E-state index contributed by atoms with van der Waals surface area (Å²) in [6.07, 6.45) is 2.19. The monoisotopic (exact) mass is 351 g/mol. The minimum Gasteiger partial charge on any atom is -0.378 e. The maximum Gasteiger partial charge on any atom is 0.243 e. The first kappa shape index (κ1) is 16.9. The number of hydrogen-bond donors (Lipinski definition) is 1. The molecule has 5 heteroatoms. The quantitative estimate of drug-likeness (QED) is 0.920. The summed E-state index contributed by atoms with van der Waals surface area (Å²) in [4.78, 5) is 17.0. The first-order valence-corrected chi connectivity index (χ1v) is 9.35. The average Bonchev–Trinajstić information content (AvgIpc) is 2.69. The number of para-hydroxylation sites is 1. The van der Waals surface area contributed by atoms with Crippen LogP contribution in [0.3, 0.4) is 0 Å². The lowest BCUT2D eigenvalue weighted by Crippen LogP contribution is -2.37. The number of amides is 1. The lowest BCUT2D eigenvalue weighted by Gasteiger charge is -2.30. The van der Waals surface area contributed by atoms with Crippen molar-refractivity contribution < 1.29 is 9.53 Å². The van der Waals surface area contributed by atoms with Gasteiger partial charge in [-0.25, -0.2) is 0 Å². The number of carbonyl (C=O) groups is 1. The van der Waals surface area contributed by atoms with Crippen LogP contribution in [0.2, 0.25) is 0 Å². The van der Waals surface area contributed by atoms with E-state index in [2.05, 4.69) is 45.4 Å². The summed E-state index contributed by atoms with van der Waals surface area (Å²) in [6, 6.07) is 16.5. The predicted octanol–water partition coefficient (Wildman–Crippen LogP) is 2.91. The van der Waals surface area contributed by atoms with Crippen LogP contribution in [0.25, 0.3) is 0 Å². The lowest BCUT2D eigenvalue weighted by molar-refractivity contribution is -0.115. The smallest absolute Gasteiger partial charge is 0.243 e. The third-order valence-corrected chi connectivity index (χ3v) is 5.07. The molecule has 4 rings (SSSR count). The summed E-state index contributed by atoms with van der Waals surface area (Å²) in [5.74, 6) is 0.0285. The molecule has 2 aromatic rings. The maximum atomic E-state index is 12.5. The van der Waals surface area contributed by atoms with Crippen molar-refractivity contribution in [3.63, 3.8) is 0 Å². The van der Waals surface area contributed by atoms with Gasteiger partial charge in [-0.3, -0.25) is 4.79 Å². The van der Waals surface area contributed by atoms with E-state index in [1.54, 1.807) is 0 Å². The molecule has 2 heterocycles. The number of rotatable bonds is 4. The zero-order valence-electron chi connectivity index (χ0n) is 15.0. The molecule has 2 aromatic carbocycles. The van der Waals surface area contributed by atoms with Crippen molar-refractivity contribution in [3.8, 4) is 0 Å². The zero-order valence-corrected chi connectivity index (χ0v) is 15.0. The van der Waals surface area contributed by atoms with Gasteiger partial charge in [-0.1, -0.05) is 18.2 Å². The van der Waals surface area contributed by atoms with Crippen LogP contribution in [0.5, 0.6) is 0 Å². The number of nitrogens with zero attached hydrogens (tertiary/aromatic N) is 2. The summed E-state index contributed by atoms with van der Waals surface area (Å²) in [6.45, 7) is 4.70. The SMILES string of the molecule is O=C(CN1CCCc2ccccc21)Nc1ccc(N2CCOCC2)cc1. The first-order valence-electron chi connectivity index (χ1n) is 9.35. The van der Waals surface area contributed by atoms with E-state index in [4.69, 9.17) is 4.74 Å². The Labute approximate surface area is 154 Å². The van der Waals surface area contributed by atoms with Gasteiger partial charge in [-0.15, -0.1) is 0 Å². The molecule has 0 bridgehead atoms. The van der Waals surface area contributed by atoms with Crippen LogP contribution < -0.4 is 15.1 Å². The molecular formula is C21H25N3O2. The van der Waals surface area contributed by atoms with E-state index in [0.29, 0.717) is 6.54 Å². The molecule has 0 unspecified atom stereocenters. The van der Waals surface area contributed by atoms with E-state index < -0.39 is 0 Å². The summed E-state index contributed by atoms with van der Waals surface area (Å²) >= 11 is 0. The van der Waals surface area contributed by atoms with E-state index in [1.165, 1.54) is 16.9 Å². The Balaban J connectivity index is 1.36. The summed E-state index contributed by atoms with van der Waals surface area (Å²) in [5.41, 5.74) is 4.55. The molecule has 0 aliphatic carbocycles. The number of carbonyl (C=O) groups excluding carboxylic acids is 1. The predicted molar refractivity (Wildman–Crippen MR) is 105 cm³/mol. The van der Waals surface area contributed by atoms with Gasteiger partial charge in [0.15, 0.2) is 0 Å². The van der Waals surface area contributed by atoms with Crippen molar-refractivity contribution in [1.29, 1.82) is 0 Å². The van der Waals surface area contributed by atoms with Gasteiger partial charge in [0, 0.05) is 36.7 Å². The van der Waals surface area contributed by atoms with E-state index in [1.807, 2.05) is 18.2 Å². The van der Waals surface area contributed by atoms with Crippen molar-refractivity contribution in [2.75, 3.05) is 54.5 Å². The molecule has 0 saturated carbocycles. The fraction of sp³-hybridized carbons (Fsp3) is 0.381. The number of benzene rings is 2. The Morgan fingerprint density at radius 2 is 1.77 bits per heavy atom. The highest BCUT2D eigenvalue weighted by Gasteiger charge is 2.18. The van der Waals surface area contributed by atoms with Crippen LogP contribution in [0.4, 0.5) is 17.1 Å². The number of ether oxygens (including phenoxy) is 1. The normalized spacial score (nSPS) is 16.9. The van der Waals surface area contributed by atoms with Crippen molar-refractivity contribution in [1.82, 2.24) is 0 Å². The molecule has 136 valence electrons. The minimum atomic E-state index is 0.0285. The number of anilines is 3. The highest BCUT2D eigenvalue weighted by atomic mass is 16.5. The van der Waals surface area contributed by atoms with E-state index in [-0.39, 0.29) is 5.91 Å². The lowest BCUT2D eigenvalue weighted by atomic mass is 10.0. The Morgan fingerprint density at radius 3 is 2.58 bits per heavy atom. The van der Waals surface area contributed by atoms with Gasteiger partial charge in [0.1, 0.15) is 0 Å². The van der Waals surface area contributed by atoms with Crippen molar-refractivity contribution in [2.24, 2.45) is 0 Å². The van der Waals surface area contributed by atoms with Crippen molar-refractivity contribution in [2.45, 2.75) is 12.8 Å². The number of hydrogen-bond acceptors (Lipinski definition) is 4. The van der Waals surface area contributed by atoms with E-state index >= 15 is 0 Å². The summed E-state index contributed by atoms with van der Waals surface area (Å²) in [7, 11) is 0. The molecule has 1 fully saturated rings. The standard InChI is InChI=1S/C21H25N3O2/c25-21(16-24-11-3-5-17-4-1-2-6-20(17)24)22-18-7-9-19(10-8-18)23-12-14-26-15-13-23/h1-2,4,6-10H,3,5,11-16H2,(H,22,25). The maximum absolute atomic E-state index is 12.5. The van der Waals surface area contributed by atoms with E-state index in [9.17, 15) is 4.79 Å². The topological polar surface area (TPSA) is 44.8 Å². The zero-order chi connectivity index (χ0) is 17.8. The van der Waals surface area contributed by atoms with Gasteiger partial charge < -0.3 is 19.9 Å². The molecule has 0 spiro atoms. The van der Waals surface area contributed by atoms with Gasteiger partial charge >= 0.3 is 0 Å². The van der Waals surface area contributed by atoms with Crippen LogP contribution >= 0.6 is 0 Å². The Bertz CT molecular complexity index is 754. The van der Waals surface area contributed by atoms with Crippen LogP contribution in [0.1, 0.15) is 12.0 Å². The Hall–Kier alpha value is -2.53. The summed E-state index contributed by atoms with van der Waals surface area (Å²) < 4.78 is 5.39. The molecular weight excluding hydrogens is 326 g/mol. The van der Waals surface area contributed by atoms with Gasteiger partial charge in [-0.05, 0) is 48.7 Å². The van der Waals surface area contributed by atoms with Crippen LogP contribution in [0.15, 0.2) is 48.5 Å². The third-order valence-electron chi connectivity index (χ3n) is 5.07. The van der Waals surface area contributed by atoms with Crippen LogP contribution in [-0.4, -0.2) is 45.3 Å². The molecule has 0 atom stereocenters. The van der Waals surface area contributed by atoms with Crippen LogP contribution in [0, 0.1) is 0 Å². The molecule has 2 aliphatic rings. The molecule has 1 N–H and O–H groups in total. The minimum absolute atomic E-state index is 0.0285. The number of morpholine rings is 1. The molecule has 5 nitrogen and oxygen atoms in total.